The molecule has 0 radical (unpaired) electrons. The van der Waals surface area contributed by atoms with Crippen molar-refractivity contribution in [3.8, 4) is 0 Å². The molecule has 2 aromatic rings. The smallest absolute Gasteiger partial charge is 0.139 e. The van der Waals surface area contributed by atoms with Crippen LogP contribution in [-0.4, -0.2) is 49.5 Å². The zero-order valence-corrected chi connectivity index (χ0v) is 15.2. The highest BCUT2D eigenvalue weighted by Gasteiger charge is 2.53. The van der Waals surface area contributed by atoms with E-state index in [-0.39, 0.29) is 12.5 Å². The van der Waals surface area contributed by atoms with Gasteiger partial charge < -0.3 is 19.4 Å². The Hall–Kier alpha value is -1.85. The Balaban J connectivity index is 2.29. The molecule has 1 aromatic heterocycles. The van der Waals surface area contributed by atoms with E-state index >= 15 is 0 Å². The Morgan fingerprint density at radius 3 is 2.67 bits per heavy atom. The van der Waals surface area contributed by atoms with Crippen LogP contribution in [0.2, 0.25) is 0 Å². The average molecular weight is 329 g/mol. The first-order valence-electron chi connectivity index (χ1n) is 8.51. The molecule has 130 valence electrons. The molecule has 3 rings (SSSR count). The van der Waals surface area contributed by atoms with Crippen molar-refractivity contribution >= 4 is 5.69 Å². The lowest BCUT2D eigenvalue weighted by Gasteiger charge is -2.43. The van der Waals surface area contributed by atoms with Crippen LogP contribution in [0.25, 0.3) is 0 Å². The number of fused-ring (bicyclic) bond motifs is 1. The quantitative estimate of drug-likeness (QED) is 0.913. The second-order valence-electron chi connectivity index (χ2n) is 6.93. The van der Waals surface area contributed by atoms with Crippen LogP contribution in [-0.2, 0) is 12.0 Å². The molecule has 5 heteroatoms. The van der Waals surface area contributed by atoms with E-state index in [0.717, 1.165) is 30.0 Å². The molecule has 0 bridgehead atoms. The number of anilines is 1. The van der Waals surface area contributed by atoms with Crippen molar-refractivity contribution in [2.75, 3.05) is 39.2 Å². The number of rotatable bonds is 5. The molecule has 5 nitrogen and oxygen atoms in total. The molecule has 2 unspecified atom stereocenters. The van der Waals surface area contributed by atoms with Gasteiger partial charge in [-0.25, -0.2) is 0 Å². The fourth-order valence-corrected chi connectivity index (χ4v) is 4.38. The number of aliphatic hydroxyl groups excluding tert-OH is 1. The summed E-state index contributed by atoms with van der Waals surface area (Å²) in [5.74, 6) is 0.816. The molecule has 0 spiro atoms. The topological polar surface area (TPSA) is 52.7 Å². The zero-order valence-electron chi connectivity index (χ0n) is 15.2. The van der Waals surface area contributed by atoms with Crippen LogP contribution in [0.3, 0.4) is 0 Å². The SMILES string of the molecule is CCc1noc(C)c1C1(CN(C)C)C(CO)c2ccccc2N1C. The van der Waals surface area contributed by atoms with E-state index in [4.69, 9.17) is 4.52 Å². The highest BCUT2D eigenvalue weighted by Crippen LogP contribution is 2.54. The molecular formula is C19H27N3O2. The maximum atomic E-state index is 10.3. The molecule has 1 aliphatic rings. The number of likely N-dealkylation sites (N-methyl/N-ethyl adjacent to an activating group) is 2. The van der Waals surface area contributed by atoms with E-state index in [2.05, 4.69) is 61.2 Å². The van der Waals surface area contributed by atoms with Crippen LogP contribution in [0.1, 0.15) is 35.4 Å². The normalized spacial score (nSPS) is 23.1. The van der Waals surface area contributed by atoms with Gasteiger partial charge in [0.1, 0.15) is 5.76 Å². The first kappa shape index (κ1) is 17.0. The van der Waals surface area contributed by atoms with E-state index in [0.29, 0.717) is 0 Å². The second-order valence-corrected chi connectivity index (χ2v) is 6.93. The molecule has 2 atom stereocenters. The van der Waals surface area contributed by atoms with Gasteiger partial charge in [0.05, 0.1) is 17.8 Å². The molecule has 2 heterocycles. The van der Waals surface area contributed by atoms with Crippen LogP contribution in [0, 0.1) is 6.92 Å². The molecule has 0 saturated carbocycles. The van der Waals surface area contributed by atoms with Crippen molar-refractivity contribution in [2.45, 2.75) is 31.7 Å². The highest BCUT2D eigenvalue weighted by atomic mass is 16.5. The molecule has 1 N–H and O–H groups in total. The predicted molar refractivity (Wildman–Crippen MR) is 95.5 cm³/mol. The van der Waals surface area contributed by atoms with E-state index in [1.54, 1.807) is 0 Å². The van der Waals surface area contributed by atoms with Gasteiger partial charge >= 0.3 is 0 Å². The lowest BCUT2D eigenvalue weighted by atomic mass is 9.75. The zero-order chi connectivity index (χ0) is 17.5. The minimum atomic E-state index is -0.392. The monoisotopic (exact) mass is 329 g/mol. The summed E-state index contributed by atoms with van der Waals surface area (Å²) in [6.07, 6.45) is 0.810. The summed E-state index contributed by atoms with van der Waals surface area (Å²) in [6, 6.07) is 8.35. The van der Waals surface area contributed by atoms with Crippen molar-refractivity contribution in [2.24, 2.45) is 0 Å². The van der Waals surface area contributed by atoms with Crippen LogP contribution < -0.4 is 4.90 Å². The molecule has 1 aliphatic heterocycles. The summed E-state index contributed by atoms with van der Waals surface area (Å²) < 4.78 is 5.57. The second kappa shape index (κ2) is 6.22. The molecular weight excluding hydrogens is 302 g/mol. The Morgan fingerprint density at radius 1 is 1.33 bits per heavy atom. The third-order valence-corrected chi connectivity index (χ3v) is 5.29. The van der Waals surface area contributed by atoms with Gasteiger partial charge in [-0.1, -0.05) is 30.3 Å². The summed E-state index contributed by atoms with van der Waals surface area (Å²) in [5.41, 5.74) is 4.06. The minimum absolute atomic E-state index is 0.0236. The lowest BCUT2D eigenvalue weighted by molar-refractivity contribution is 0.177. The van der Waals surface area contributed by atoms with Gasteiger partial charge in [0.25, 0.3) is 0 Å². The van der Waals surface area contributed by atoms with Crippen molar-refractivity contribution in [3.63, 3.8) is 0 Å². The van der Waals surface area contributed by atoms with Gasteiger partial charge in [-0.05, 0) is 39.1 Å². The third kappa shape index (κ3) is 2.26. The fraction of sp³-hybridized carbons (Fsp3) is 0.526. The number of benzene rings is 1. The largest absolute Gasteiger partial charge is 0.396 e. The van der Waals surface area contributed by atoms with Crippen molar-refractivity contribution in [1.82, 2.24) is 10.1 Å². The van der Waals surface area contributed by atoms with Crippen LogP contribution in [0.5, 0.6) is 0 Å². The van der Waals surface area contributed by atoms with E-state index in [1.165, 1.54) is 11.3 Å². The van der Waals surface area contributed by atoms with Gasteiger partial charge in [-0.2, -0.15) is 0 Å². The number of aromatic nitrogens is 1. The van der Waals surface area contributed by atoms with Crippen LogP contribution >= 0.6 is 0 Å². The molecule has 0 fully saturated rings. The summed E-state index contributed by atoms with van der Waals surface area (Å²) in [4.78, 5) is 4.48. The lowest BCUT2D eigenvalue weighted by Crippen LogP contribution is -2.52. The maximum Gasteiger partial charge on any atom is 0.139 e. The Morgan fingerprint density at radius 2 is 2.04 bits per heavy atom. The van der Waals surface area contributed by atoms with Crippen molar-refractivity contribution < 1.29 is 9.63 Å². The number of nitrogens with zero attached hydrogens (tertiary/aromatic N) is 3. The fourth-order valence-electron chi connectivity index (χ4n) is 4.38. The number of aliphatic hydroxyl groups is 1. The first-order chi connectivity index (χ1) is 11.5. The van der Waals surface area contributed by atoms with Crippen molar-refractivity contribution in [1.29, 1.82) is 0 Å². The number of aryl methyl sites for hydroxylation is 2. The van der Waals surface area contributed by atoms with E-state index < -0.39 is 5.54 Å². The molecule has 0 amide bonds. The molecule has 1 aromatic carbocycles. The summed E-state index contributed by atoms with van der Waals surface area (Å²) in [5, 5.41) is 14.6. The number of hydrogen-bond donors (Lipinski definition) is 1. The summed E-state index contributed by atoms with van der Waals surface area (Å²) in [6.45, 7) is 4.94. The maximum absolute atomic E-state index is 10.3. The van der Waals surface area contributed by atoms with Gasteiger partial charge in [0.2, 0.25) is 0 Å². The van der Waals surface area contributed by atoms with Crippen LogP contribution in [0.4, 0.5) is 5.69 Å². The Bertz CT molecular complexity index is 725. The van der Waals surface area contributed by atoms with Crippen molar-refractivity contribution in [3.05, 3.63) is 46.8 Å². The van der Waals surface area contributed by atoms with Crippen LogP contribution in [0.15, 0.2) is 28.8 Å². The highest BCUT2D eigenvalue weighted by molar-refractivity contribution is 5.66. The van der Waals surface area contributed by atoms with Gasteiger partial charge in [0, 0.05) is 30.8 Å². The number of hydrogen-bond acceptors (Lipinski definition) is 5. The minimum Gasteiger partial charge on any atom is -0.396 e. The summed E-state index contributed by atoms with van der Waals surface area (Å²) >= 11 is 0. The Labute approximate surface area is 143 Å². The first-order valence-corrected chi connectivity index (χ1v) is 8.51. The average Bonchev–Trinajstić information content (AvgIpc) is 3.04. The Kier molecular flexibility index (Phi) is 4.40. The van der Waals surface area contributed by atoms with E-state index in [9.17, 15) is 5.11 Å². The molecule has 0 aliphatic carbocycles. The number of para-hydroxylation sites is 1. The third-order valence-electron chi connectivity index (χ3n) is 5.29. The van der Waals surface area contributed by atoms with E-state index in [1.807, 2.05) is 13.0 Å². The van der Waals surface area contributed by atoms with Gasteiger partial charge in [-0.3, -0.25) is 0 Å². The van der Waals surface area contributed by atoms with Gasteiger partial charge in [0.15, 0.2) is 0 Å². The molecule has 0 saturated heterocycles. The predicted octanol–water partition coefficient (Wildman–Crippen LogP) is 2.53. The molecule has 24 heavy (non-hydrogen) atoms. The standard InChI is InChI=1S/C19H27N3O2/c1-6-16-18(13(2)24-20-16)19(12-21(3)4)15(11-23)14-9-7-8-10-17(14)22(19)5/h7-10,15,23H,6,11-12H2,1-5H3. The van der Waals surface area contributed by atoms with Gasteiger partial charge in [-0.15, -0.1) is 0 Å². The summed E-state index contributed by atoms with van der Waals surface area (Å²) in [7, 11) is 6.26.